The number of hydrogen-bond acceptors (Lipinski definition) is 4. The Balaban J connectivity index is 2.31. The molecule has 6 heteroatoms. The molecule has 0 aliphatic carbocycles. The fourth-order valence-corrected chi connectivity index (χ4v) is 2.90. The van der Waals surface area contributed by atoms with Gasteiger partial charge in [-0.25, -0.2) is 9.97 Å². The van der Waals surface area contributed by atoms with Crippen LogP contribution in [0.1, 0.15) is 5.56 Å². The number of benzene rings is 1. The summed E-state index contributed by atoms with van der Waals surface area (Å²) in [4.78, 5) is 9.05. The third-order valence-electron chi connectivity index (χ3n) is 2.02. The van der Waals surface area contributed by atoms with Gasteiger partial charge in [-0.15, -0.1) is 0 Å². The van der Waals surface area contributed by atoms with Gasteiger partial charge in [0.2, 0.25) is 0 Å². The molecule has 1 aromatic carbocycles. The van der Waals surface area contributed by atoms with Crippen LogP contribution in [-0.4, -0.2) is 9.97 Å². The summed E-state index contributed by atoms with van der Waals surface area (Å²) < 4.78 is 0. The molecular weight excluding hydrogens is 277 g/mol. The van der Waals surface area contributed by atoms with E-state index in [2.05, 4.69) is 9.97 Å². The van der Waals surface area contributed by atoms with Gasteiger partial charge < -0.3 is 5.73 Å². The van der Waals surface area contributed by atoms with Gasteiger partial charge in [-0.1, -0.05) is 35.0 Å². The van der Waals surface area contributed by atoms with E-state index in [0.29, 0.717) is 16.6 Å². The van der Waals surface area contributed by atoms with Crippen LogP contribution in [0.15, 0.2) is 40.6 Å². The van der Waals surface area contributed by atoms with Crippen molar-refractivity contribution in [3.05, 3.63) is 46.3 Å². The van der Waals surface area contributed by atoms with Crippen LogP contribution in [0.5, 0.6) is 0 Å². The molecule has 1 aromatic heterocycles. The first-order chi connectivity index (χ1) is 8.19. The van der Waals surface area contributed by atoms with Gasteiger partial charge in [-0.2, -0.15) is 0 Å². The van der Waals surface area contributed by atoms with E-state index in [1.807, 2.05) is 12.1 Å². The van der Waals surface area contributed by atoms with Crippen molar-refractivity contribution in [1.29, 1.82) is 0 Å². The zero-order valence-corrected chi connectivity index (χ0v) is 11.1. The van der Waals surface area contributed by atoms with E-state index < -0.39 is 0 Å². The molecule has 0 atom stereocenters. The molecule has 0 radical (unpaired) electrons. The summed E-state index contributed by atoms with van der Waals surface area (Å²) in [6.45, 7) is 0.400. The third kappa shape index (κ3) is 3.33. The van der Waals surface area contributed by atoms with Crippen LogP contribution in [0.25, 0.3) is 0 Å². The maximum absolute atomic E-state index is 5.93. The van der Waals surface area contributed by atoms with Gasteiger partial charge in [0.25, 0.3) is 0 Å². The van der Waals surface area contributed by atoms with E-state index in [1.54, 1.807) is 12.3 Å². The molecule has 0 saturated heterocycles. The second-order valence-electron chi connectivity index (χ2n) is 3.26. The predicted octanol–water partition coefficient (Wildman–Crippen LogP) is 3.39. The van der Waals surface area contributed by atoms with Crippen LogP contribution >= 0.6 is 35.0 Å². The molecule has 0 unspecified atom stereocenters. The highest BCUT2D eigenvalue weighted by molar-refractivity contribution is 7.99. The van der Waals surface area contributed by atoms with Crippen molar-refractivity contribution in [1.82, 2.24) is 9.97 Å². The first-order valence-electron chi connectivity index (χ1n) is 4.82. The van der Waals surface area contributed by atoms with Crippen LogP contribution in [0.3, 0.4) is 0 Å². The summed E-state index contributed by atoms with van der Waals surface area (Å²) in [6, 6.07) is 5.36. The van der Waals surface area contributed by atoms with E-state index in [9.17, 15) is 0 Å². The summed E-state index contributed by atoms with van der Waals surface area (Å²) in [5.41, 5.74) is 6.52. The monoisotopic (exact) mass is 285 g/mol. The van der Waals surface area contributed by atoms with Crippen LogP contribution in [0.2, 0.25) is 10.0 Å². The smallest absolute Gasteiger partial charge is 0.116 e. The van der Waals surface area contributed by atoms with Crippen molar-refractivity contribution < 1.29 is 0 Å². The number of nitrogens with two attached hydrogens (primary N) is 1. The molecule has 0 spiro atoms. The Morgan fingerprint density at radius 3 is 2.53 bits per heavy atom. The lowest BCUT2D eigenvalue weighted by Gasteiger charge is -2.06. The lowest BCUT2D eigenvalue weighted by molar-refractivity contribution is 0.922. The maximum Gasteiger partial charge on any atom is 0.116 e. The first-order valence-corrected chi connectivity index (χ1v) is 6.39. The standard InChI is InChI=1S/C11H9Cl2N3S/c12-8-1-9(13)3-10(2-8)17-11-7(4-14)5-15-6-16-11/h1-3,5-6H,4,14H2. The molecule has 2 N–H and O–H groups in total. The number of rotatable bonds is 3. The summed E-state index contributed by atoms with van der Waals surface area (Å²) in [5.74, 6) is 0. The van der Waals surface area contributed by atoms with Crippen molar-refractivity contribution in [2.24, 2.45) is 5.73 Å². The minimum atomic E-state index is 0.400. The van der Waals surface area contributed by atoms with Gasteiger partial charge in [-0.3, -0.25) is 0 Å². The highest BCUT2D eigenvalue weighted by Gasteiger charge is 2.06. The Morgan fingerprint density at radius 2 is 1.88 bits per heavy atom. The summed E-state index contributed by atoms with van der Waals surface area (Å²) in [5, 5.41) is 2.02. The largest absolute Gasteiger partial charge is 0.326 e. The minimum Gasteiger partial charge on any atom is -0.326 e. The van der Waals surface area contributed by atoms with E-state index >= 15 is 0 Å². The normalized spacial score (nSPS) is 10.5. The molecule has 3 nitrogen and oxygen atoms in total. The van der Waals surface area contributed by atoms with Crippen molar-refractivity contribution in [2.75, 3.05) is 0 Å². The molecule has 1 heterocycles. The quantitative estimate of drug-likeness (QED) is 0.879. The topological polar surface area (TPSA) is 51.8 Å². The SMILES string of the molecule is NCc1cncnc1Sc1cc(Cl)cc(Cl)c1. The van der Waals surface area contributed by atoms with Crippen molar-refractivity contribution in [2.45, 2.75) is 16.5 Å². The number of halogens is 2. The van der Waals surface area contributed by atoms with E-state index in [0.717, 1.165) is 15.5 Å². The Kier molecular flexibility index (Phi) is 4.23. The van der Waals surface area contributed by atoms with E-state index in [1.165, 1.54) is 18.1 Å². The minimum absolute atomic E-state index is 0.400. The lowest BCUT2D eigenvalue weighted by Crippen LogP contribution is -2.00. The molecule has 2 aromatic rings. The summed E-state index contributed by atoms with van der Waals surface area (Å²) >= 11 is 13.3. The average molecular weight is 286 g/mol. The zero-order valence-electron chi connectivity index (χ0n) is 8.73. The van der Waals surface area contributed by atoms with Gasteiger partial charge >= 0.3 is 0 Å². The molecule has 17 heavy (non-hydrogen) atoms. The van der Waals surface area contributed by atoms with Crippen LogP contribution in [-0.2, 0) is 6.54 Å². The van der Waals surface area contributed by atoms with E-state index in [-0.39, 0.29) is 0 Å². The highest BCUT2D eigenvalue weighted by atomic mass is 35.5. The molecule has 2 rings (SSSR count). The van der Waals surface area contributed by atoms with E-state index in [4.69, 9.17) is 28.9 Å². The Bertz CT molecular complexity index is 514. The fourth-order valence-electron chi connectivity index (χ4n) is 1.28. The second kappa shape index (κ2) is 5.69. The Labute approximate surface area is 113 Å². The highest BCUT2D eigenvalue weighted by Crippen LogP contribution is 2.32. The lowest BCUT2D eigenvalue weighted by atomic mass is 10.3. The Hall–Kier alpha value is -0.810. The molecule has 0 aliphatic rings. The molecule has 0 fully saturated rings. The number of aromatic nitrogens is 2. The van der Waals surface area contributed by atoms with Crippen LogP contribution in [0, 0.1) is 0 Å². The van der Waals surface area contributed by atoms with Gasteiger partial charge in [0.1, 0.15) is 11.4 Å². The Morgan fingerprint density at radius 1 is 1.18 bits per heavy atom. The molecule has 0 saturated carbocycles. The molecule has 0 aliphatic heterocycles. The second-order valence-corrected chi connectivity index (χ2v) is 5.20. The summed E-state index contributed by atoms with van der Waals surface area (Å²) in [7, 11) is 0. The molecule has 88 valence electrons. The first kappa shape index (κ1) is 12.6. The van der Waals surface area contributed by atoms with Gasteiger partial charge in [0.05, 0.1) is 0 Å². The predicted molar refractivity (Wildman–Crippen MR) is 70.5 cm³/mol. The van der Waals surface area contributed by atoms with Crippen molar-refractivity contribution in [3.63, 3.8) is 0 Å². The summed E-state index contributed by atoms with van der Waals surface area (Å²) in [6.07, 6.45) is 3.20. The van der Waals surface area contributed by atoms with Crippen molar-refractivity contribution >= 4 is 35.0 Å². The van der Waals surface area contributed by atoms with Crippen LogP contribution < -0.4 is 5.73 Å². The van der Waals surface area contributed by atoms with Gasteiger partial charge in [-0.05, 0) is 18.2 Å². The average Bonchev–Trinajstić information content (AvgIpc) is 2.28. The third-order valence-corrected chi connectivity index (χ3v) is 3.49. The number of nitrogens with zero attached hydrogens (tertiary/aromatic N) is 2. The van der Waals surface area contributed by atoms with Gasteiger partial charge in [0.15, 0.2) is 0 Å². The fraction of sp³-hybridized carbons (Fsp3) is 0.0909. The number of hydrogen-bond donors (Lipinski definition) is 1. The molecule has 0 amide bonds. The molecular formula is C11H9Cl2N3S. The van der Waals surface area contributed by atoms with Crippen LogP contribution in [0.4, 0.5) is 0 Å². The van der Waals surface area contributed by atoms with Gasteiger partial charge in [0, 0.05) is 33.2 Å². The maximum atomic E-state index is 5.93. The molecule has 0 bridgehead atoms. The zero-order chi connectivity index (χ0) is 12.3. The van der Waals surface area contributed by atoms with Crippen molar-refractivity contribution in [3.8, 4) is 0 Å².